The summed E-state index contributed by atoms with van der Waals surface area (Å²) in [6.45, 7) is 11.2. The van der Waals surface area contributed by atoms with Gasteiger partial charge in [0, 0.05) is 88.7 Å². The van der Waals surface area contributed by atoms with Crippen molar-refractivity contribution in [1.29, 1.82) is 0 Å². The zero-order chi connectivity index (χ0) is 32.4. The molecule has 2 aliphatic heterocycles. The van der Waals surface area contributed by atoms with Crippen molar-refractivity contribution in [2.45, 2.75) is 81.8 Å². The Bertz CT molecular complexity index is 1150. The molecule has 256 valence electrons. The van der Waals surface area contributed by atoms with Gasteiger partial charge in [0.05, 0.1) is 11.2 Å². The smallest absolute Gasteiger partial charge is 0.0936 e. The van der Waals surface area contributed by atoms with E-state index in [1.54, 1.807) is 0 Å². The first-order valence-corrected chi connectivity index (χ1v) is 18.7. The van der Waals surface area contributed by atoms with Crippen LogP contribution in [-0.2, 0) is 12.0 Å². The van der Waals surface area contributed by atoms with Gasteiger partial charge in [-0.05, 0) is 63.0 Å². The first-order valence-electron chi connectivity index (χ1n) is 18.3. The first-order chi connectivity index (χ1) is 22.2. The zero-order valence-corrected chi connectivity index (χ0v) is 29.5. The Balaban J connectivity index is 0.000000181. The molecule has 0 radical (unpaired) electrons. The molecule has 4 aliphatic rings. The van der Waals surface area contributed by atoms with Gasteiger partial charge in [-0.2, -0.15) is 0 Å². The minimum atomic E-state index is -0.704. The third-order valence-corrected chi connectivity index (χ3v) is 11.8. The van der Waals surface area contributed by atoms with Gasteiger partial charge in [0.1, 0.15) is 0 Å². The molecule has 0 spiro atoms. The topological polar surface area (TPSA) is 53.4 Å². The van der Waals surface area contributed by atoms with E-state index in [0.717, 1.165) is 108 Å². The minimum Gasteiger partial charge on any atom is -0.389 e. The van der Waals surface area contributed by atoms with Crippen LogP contribution < -0.4 is 0 Å². The number of benzene rings is 2. The maximum absolute atomic E-state index is 11.6. The van der Waals surface area contributed by atoms with Gasteiger partial charge in [0.15, 0.2) is 0 Å². The molecule has 2 N–H and O–H groups in total. The summed E-state index contributed by atoms with van der Waals surface area (Å²) in [6, 6.07) is 18.4. The Kier molecular flexibility index (Phi) is 13.4. The summed E-state index contributed by atoms with van der Waals surface area (Å²) in [5.41, 5.74) is 1.09. The molecule has 2 saturated heterocycles. The fourth-order valence-corrected chi connectivity index (χ4v) is 8.49. The largest absolute Gasteiger partial charge is 0.389 e. The predicted molar refractivity (Wildman–Crippen MR) is 191 cm³/mol. The number of piperazine rings is 2. The molecule has 6 rings (SSSR count). The molecular weight excluding hydrogens is 592 g/mol. The molecule has 6 nitrogen and oxygen atoms in total. The second kappa shape index (κ2) is 17.2. The van der Waals surface area contributed by atoms with E-state index in [-0.39, 0.29) is 0 Å². The highest BCUT2D eigenvalue weighted by Gasteiger charge is 2.41. The van der Waals surface area contributed by atoms with E-state index in [0.29, 0.717) is 11.8 Å². The summed E-state index contributed by atoms with van der Waals surface area (Å²) in [5, 5.41) is 23.8. The molecule has 4 atom stereocenters. The van der Waals surface area contributed by atoms with Crippen LogP contribution in [0, 0.1) is 11.8 Å². The van der Waals surface area contributed by atoms with E-state index < -0.39 is 11.2 Å². The van der Waals surface area contributed by atoms with Gasteiger partial charge in [-0.25, -0.2) is 0 Å². The minimum absolute atomic E-state index is 0.314. The fraction of sp³-hybridized carbons (Fsp3) is 0.692. The molecule has 2 saturated carbocycles. The highest BCUT2D eigenvalue weighted by molar-refractivity contribution is 6.30. The Morgan fingerprint density at radius 2 is 1.15 bits per heavy atom. The summed E-state index contributed by atoms with van der Waals surface area (Å²) >= 11 is 6.04. The lowest BCUT2D eigenvalue weighted by Crippen LogP contribution is -2.50. The van der Waals surface area contributed by atoms with Crippen molar-refractivity contribution in [3.8, 4) is 0 Å². The van der Waals surface area contributed by atoms with E-state index in [9.17, 15) is 10.2 Å². The Labute approximate surface area is 284 Å². The van der Waals surface area contributed by atoms with Crippen molar-refractivity contribution in [2.75, 3.05) is 79.5 Å². The van der Waals surface area contributed by atoms with E-state index in [1.165, 1.54) is 44.1 Å². The van der Waals surface area contributed by atoms with E-state index in [4.69, 9.17) is 11.6 Å². The summed E-state index contributed by atoms with van der Waals surface area (Å²) in [5.74, 6) is 0.725. The number of rotatable bonds is 7. The van der Waals surface area contributed by atoms with Crippen molar-refractivity contribution in [3.05, 3.63) is 70.7 Å². The summed E-state index contributed by atoms with van der Waals surface area (Å²) < 4.78 is 0. The summed E-state index contributed by atoms with van der Waals surface area (Å²) in [6.07, 6.45) is 12.2. The molecule has 4 fully saturated rings. The van der Waals surface area contributed by atoms with Crippen molar-refractivity contribution in [2.24, 2.45) is 11.8 Å². The number of nitrogens with zero attached hydrogens (tertiary/aromatic N) is 4. The monoisotopic (exact) mass is 652 g/mol. The summed E-state index contributed by atoms with van der Waals surface area (Å²) in [4.78, 5) is 9.90. The lowest BCUT2D eigenvalue weighted by atomic mass is 9.77. The van der Waals surface area contributed by atoms with Crippen molar-refractivity contribution >= 4 is 11.6 Å². The molecule has 2 heterocycles. The SMILES string of the molecule is CN1CCN(CC2CCCCCC2(O)Cc2ccccc2)CC1.CN1CCN(CC2CCCCCC2(O)c2ccc(Cl)cc2)CC1. The van der Waals surface area contributed by atoms with Crippen LogP contribution in [0.5, 0.6) is 0 Å². The second-order valence-corrected chi connectivity index (χ2v) is 15.4. The van der Waals surface area contributed by atoms with Crippen LogP contribution in [0.3, 0.4) is 0 Å². The molecule has 7 heteroatoms. The molecule has 2 aliphatic carbocycles. The second-order valence-electron chi connectivity index (χ2n) is 15.0. The van der Waals surface area contributed by atoms with Gasteiger partial charge in [-0.3, -0.25) is 0 Å². The number of hydrogen-bond acceptors (Lipinski definition) is 6. The van der Waals surface area contributed by atoms with Crippen LogP contribution in [-0.4, -0.2) is 115 Å². The maximum Gasteiger partial charge on any atom is 0.0936 e. The van der Waals surface area contributed by atoms with Crippen molar-refractivity contribution in [3.63, 3.8) is 0 Å². The van der Waals surface area contributed by atoms with Gasteiger partial charge in [-0.1, -0.05) is 92.6 Å². The molecule has 2 aromatic carbocycles. The van der Waals surface area contributed by atoms with Crippen LogP contribution in [0.1, 0.15) is 75.3 Å². The molecule has 0 bridgehead atoms. The van der Waals surface area contributed by atoms with Gasteiger partial charge >= 0.3 is 0 Å². The highest BCUT2D eigenvalue weighted by Crippen LogP contribution is 2.41. The van der Waals surface area contributed by atoms with E-state index >= 15 is 0 Å². The summed E-state index contributed by atoms with van der Waals surface area (Å²) in [7, 11) is 4.39. The van der Waals surface area contributed by atoms with Crippen LogP contribution in [0.15, 0.2) is 54.6 Å². The molecular formula is C39H61ClN4O2. The average molecular weight is 653 g/mol. The number of aliphatic hydroxyl groups is 2. The Morgan fingerprint density at radius 3 is 1.74 bits per heavy atom. The first kappa shape index (κ1) is 35.8. The molecule has 2 aromatic rings. The Hall–Kier alpha value is -1.51. The van der Waals surface area contributed by atoms with Gasteiger partial charge in [0.25, 0.3) is 0 Å². The third kappa shape index (κ3) is 10.0. The lowest BCUT2D eigenvalue weighted by molar-refractivity contribution is -0.0465. The van der Waals surface area contributed by atoms with Gasteiger partial charge in [-0.15, -0.1) is 0 Å². The standard InChI is InChI=1S/C20H32N2O.C19H29ClN2O/c1-21-12-14-22(15-13-21)17-19-10-6-3-7-11-20(19,23)16-18-8-4-2-5-9-18;1-21-11-13-22(14-12-21)15-17-5-3-2-4-10-19(17,23)16-6-8-18(20)9-7-16/h2,4-5,8-9,19,23H,3,6-7,10-17H2,1H3;6-9,17,23H,2-5,10-15H2,1H3. The molecule has 0 amide bonds. The van der Waals surface area contributed by atoms with E-state index in [1.807, 2.05) is 24.3 Å². The lowest BCUT2D eigenvalue weighted by Gasteiger charge is -2.41. The number of hydrogen-bond donors (Lipinski definition) is 2. The number of halogens is 1. The maximum atomic E-state index is 11.6. The van der Waals surface area contributed by atoms with Crippen molar-refractivity contribution in [1.82, 2.24) is 19.6 Å². The number of likely N-dealkylation sites (N-methyl/N-ethyl adjacent to an activating group) is 2. The molecule has 4 unspecified atom stereocenters. The quantitative estimate of drug-likeness (QED) is 0.351. The zero-order valence-electron chi connectivity index (χ0n) is 28.8. The fourth-order valence-electron chi connectivity index (χ4n) is 8.36. The average Bonchev–Trinajstić information content (AvgIpc) is 3.36. The van der Waals surface area contributed by atoms with E-state index in [2.05, 4.69) is 64.0 Å². The molecule has 0 aromatic heterocycles. The third-order valence-electron chi connectivity index (χ3n) is 11.6. The highest BCUT2D eigenvalue weighted by atomic mass is 35.5. The van der Waals surface area contributed by atoms with Crippen molar-refractivity contribution < 1.29 is 10.2 Å². The van der Waals surface area contributed by atoms with Crippen LogP contribution in [0.2, 0.25) is 5.02 Å². The normalized spacial score (nSPS) is 31.0. The molecule has 46 heavy (non-hydrogen) atoms. The van der Waals surface area contributed by atoms with Crippen LogP contribution >= 0.6 is 11.6 Å². The predicted octanol–water partition coefficient (Wildman–Crippen LogP) is 6.14. The van der Waals surface area contributed by atoms with Gasteiger partial charge < -0.3 is 29.8 Å². The Morgan fingerprint density at radius 1 is 0.630 bits per heavy atom. The van der Waals surface area contributed by atoms with Gasteiger partial charge in [0.2, 0.25) is 0 Å². The van der Waals surface area contributed by atoms with Crippen LogP contribution in [0.4, 0.5) is 0 Å². The van der Waals surface area contributed by atoms with Crippen LogP contribution in [0.25, 0.3) is 0 Å².